The molecular formula is C20H11NO2S. The summed E-state index contributed by atoms with van der Waals surface area (Å²) < 4.78 is 5.83. The largest absolute Gasteiger partial charge is 0.457 e. The maximum atomic E-state index is 12.4. The fourth-order valence-corrected chi connectivity index (χ4v) is 3.67. The fourth-order valence-electron chi connectivity index (χ4n) is 2.64. The van der Waals surface area contributed by atoms with Crippen molar-refractivity contribution in [3.05, 3.63) is 82.5 Å². The van der Waals surface area contributed by atoms with E-state index in [-0.39, 0.29) is 5.78 Å². The van der Waals surface area contributed by atoms with Crippen molar-refractivity contribution in [3.63, 3.8) is 0 Å². The first-order valence-corrected chi connectivity index (χ1v) is 8.20. The molecule has 1 aliphatic heterocycles. The lowest BCUT2D eigenvalue weighted by Gasteiger charge is -1.99. The predicted octanol–water partition coefficient (Wildman–Crippen LogP) is 5.15. The molecule has 0 atom stereocenters. The minimum absolute atomic E-state index is 0.0194. The average molecular weight is 329 g/mol. The van der Waals surface area contributed by atoms with Crippen LogP contribution in [0.4, 0.5) is 0 Å². The summed E-state index contributed by atoms with van der Waals surface area (Å²) >= 11 is 1.45. The first-order valence-electron chi connectivity index (χ1n) is 7.39. The molecule has 0 unspecified atom stereocenters. The molecule has 0 radical (unpaired) electrons. The van der Waals surface area contributed by atoms with Crippen molar-refractivity contribution >= 4 is 23.6 Å². The number of Topliss-reactive ketones (excluding diaryl/α,β-unsaturated/α-hetero) is 1. The maximum absolute atomic E-state index is 12.4. The number of hydrogen-bond acceptors (Lipinski definition) is 4. The van der Waals surface area contributed by atoms with Crippen molar-refractivity contribution < 1.29 is 9.21 Å². The van der Waals surface area contributed by atoms with Crippen LogP contribution in [0.3, 0.4) is 0 Å². The average Bonchev–Trinajstić information content (AvgIpc) is 3.21. The Morgan fingerprint density at radius 3 is 2.50 bits per heavy atom. The second-order valence-corrected chi connectivity index (χ2v) is 6.38. The Hall–Kier alpha value is -3.03. The Labute approximate surface area is 143 Å². The Kier molecular flexibility index (Phi) is 3.56. The summed E-state index contributed by atoms with van der Waals surface area (Å²) in [6, 6.07) is 20.6. The van der Waals surface area contributed by atoms with Gasteiger partial charge < -0.3 is 4.42 Å². The van der Waals surface area contributed by atoms with Gasteiger partial charge >= 0.3 is 0 Å². The number of allylic oxidation sites excluding steroid dienone is 1. The van der Waals surface area contributed by atoms with Gasteiger partial charge in [0.05, 0.1) is 16.5 Å². The molecule has 0 saturated carbocycles. The highest BCUT2D eigenvalue weighted by atomic mass is 32.2. The maximum Gasteiger partial charge on any atom is 0.200 e. The number of benzene rings is 2. The molecule has 114 valence electrons. The third kappa shape index (κ3) is 2.45. The lowest BCUT2D eigenvalue weighted by Crippen LogP contribution is -1.93. The number of rotatable bonds is 2. The number of furan rings is 1. The molecule has 2 aromatic carbocycles. The summed E-state index contributed by atoms with van der Waals surface area (Å²) in [4.78, 5) is 14.0. The van der Waals surface area contributed by atoms with Crippen LogP contribution in [-0.2, 0) is 0 Å². The van der Waals surface area contributed by atoms with E-state index < -0.39 is 0 Å². The van der Waals surface area contributed by atoms with Gasteiger partial charge in [-0.2, -0.15) is 5.26 Å². The predicted molar refractivity (Wildman–Crippen MR) is 93.5 cm³/mol. The van der Waals surface area contributed by atoms with Gasteiger partial charge in [-0.05, 0) is 42.5 Å². The van der Waals surface area contributed by atoms with E-state index in [1.165, 1.54) is 11.8 Å². The number of thioether (sulfide) groups is 1. The normalized spacial score (nSPS) is 14.6. The summed E-state index contributed by atoms with van der Waals surface area (Å²) in [5.74, 6) is 1.24. The number of hydrogen-bond donors (Lipinski definition) is 0. The Balaban J connectivity index is 1.68. The molecule has 0 saturated heterocycles. The second kappa shape index (κ2) is 5.88. The highest BCUT2D eigenvalue weighted by molar-refractivity contribution is 8.04. The highest BCUT2D eigenvalue weighted by Crippen LogP contribution is 2.41. The molecular weight excluding hydrogens is 318 g/mol. The summed E-state index contributed by atoms with van der Waals surface area (Å²) in [5.41, 5.74) is 2.04. The van der Waals surface area contributed by atoms with Gasteiger partial charge in [0.25, 0.3) is 0 Å². The molecule has 4 rings (SSSR count). The van der Waals surface area contributed by atoms with Crippen LogP contribution in [-0.4, -0.2) is 5.78 Å². The van der Waals surface area contributed by atoms with E-state index in [0.29, 0.717) is 22.0 Å². The Bertz CT molecular complexity index is 1020. The quantitative estimate of drug-likeness (QED) is 0.610. The van der Waals surface area contributed by atoms with Crippen molar-refractivity contribution in [2.45, 2.75) is 4.90 Å². The molecule has 0 fully saturated rings. The van der Waals surface area contributed by atoms with Gasteiger partial charge in [0.2, 0.25) is 5.78 Å². The second-order valence-electron chi connectivity index (χ2n) is 5.30. The van der Waals surface area contributed by atoms with Crippen LogP contribution >= 0.6 is 11.8 Å². The molecule has 0 aliphatic carbocycles. The van der Waals surface area contributed by atoms with E-state index >= 15 is 0 Å². The molecule has 3 nitrogen and oxygen atoms in total. The van der Waals surface area contributed by atoms with Crippen molar-refractivity contribution in [1.29, 1.82) is 5.26 Å². The smallest absolute Gasteiger partial charge is 0.200 e. The molecule has 0 spiro atoms. The van der Waals surface area contributed by atoms with Gasteiger partial charge in [0.15, 0.2) is 0 Å². The number of ketones is 1. The van der Waals surface area contributed by atoms with E-state index in [9.17, 15) is 10.1 Å². The SMILES string of the molecule is N#Cc1ccccc1-c1ccc(/C=C2\Sc3ccccc3C2=O)o1. The molecule has 0 amide bonds. The number of carbonyl (C=O) groups is 1. The van der Waals surface area contributed by atoms with Crippen molar-refractivity contribution in [2.24, 2.45) is 0 Å². The monoisotopic (exact) mass is 329 g/mol. The first-order chi connectivity index (χ1) is 11.8. The molecule has 1 aliphatic rings. The summed E-state index contributed by atoms with van der Waals surface area (Å²) in [6.07, 6.45) is 1.76. The summed E-state index contributed by atoms with van der Waals surface area (Å²) in [5, 5.41) is 9.20. The lowest BCUT2D eigenvalue weighted by atomic mass is 10.1. The van der Waals surface area contributed by atoms with Gasteiger partial charge in [0, 0.05) is 16.0 Å². The molecule has 1 aromatic heterocycles. The first kappa shape index (κ1) is 14.6. The Morgan fingerprint density at radius 2 is 1.71 bits per heavy atom. The van der Waals surface area contributed by atoms with Gasteiger partial charge in [0.1, 0.15) is 11.5 Å². The van der Waals surface area contributed by atoms with E-state index in [2.05, 4.69) is 6.07 Å². The number of carbonyl (C=O) groups excluding carboxylic acids is 1. The van der Waals surface area contributed by atoms with Gasteiger partial charge in [-0.1, -0.05) is 36.0 Å². The molecule has 4 heteroatoms. The lowest BCUT2D eigenvalue weighted by molar-refractivity contribution is 0.104. The van der Waals surface area contributed by atoms with E-state index in [1.54, 1.807) is 12.1 Å². The topological polar surface area (TPSA) is 54.0 Å². The number of fused-ring (bicyclic) bond motifs is 1. The minimum atomic E-state index is 0.0194. The minimum Gasteiger partial charge on any atom is -0.457 e. The van der Waals surface area contributed by atoms with Crippen molar-refractivity contribution in [2.75, 3.05) is 0 Å². The van der Waals surface area contributed by atoms with Crippen LogP contribution in [0.1, 0.15) is 21.7 Å². The standard InChI is InChI=1S/C20H11NO2S/c21-12-13-5-1-2-6-15(13)17-10-9-14(23-17)11-19-20(22)16-7-3-4-8-18(16)24-19/h1-11H/b19-11-. The molecule has 24 heavy (non-hydrogen) atoms. The van der Waals surface area contributed by atoms with Gasteiger partial charge in [-0.25, -0.2) is 0 Å². The van der Waals surface area contributed by atoms with E-state index in [1.807, 2.05) is 54.6 Å². The van der Waals surface area contributed by atoms with Crippen LogP contribution in [0, 0.1) is 11.3 Å². The van der Waals surface area contributed by atoms with E-state index in [4.69, 9.17) is 4.42 Å². The summed E-state index contributed by atoms with van der Waals surface area (Å²) in [6.45, 7) is 0. The van der Waals surface area contributed by atoms with Crippen LogP contribution in [0.5, 0.6) is 0 Å². The number of nitrogens with zero attached hydrogens (tertiary/aromatic N) is 1. The van der Waals surface area contributed by atoms with Gasteiger partial charge in [-0.15, -0.1) is 0 Å². The van der Waals surface area contributed by atoms with Crippen molar-refractivity contribution in [1.82, 2.24) is 0 Å². The third-order valence-electron chi connectivity index (χ3n) is 3.79. The Morgan fingerprint density at radius 1 is 0.958 bits per heavy atom. The molecule has 2 heterocycles. The zero-order valence-electron chi connectivity index (χ0n) is 12.5. The highest BCUT2D eigenvalue weighted by Gasteiger charge is 2.25. The number of nitriles is 1. The van der Waals surface area contributed by atoms with Gasteiger partial charge in [-0.3, -0.25) is 4.79 Å². The third-order valence-corrected chi connectivity index (χ3v) is 4.89. The van der Waals surface area contributed by atoms with Crippen LogP contribution < -0.4 is 0 Å². The fraction of sp³-hybridized carbons (Fsp3) is 0. The summed E-state index contributed by atoms with van der Waals surface area (Å²) in [7, 11) is 0. The van der Waals surface area contributed by atoms with Crippen LogP contribution in [0.2, 0.25) is 0 Å². The zero-order chi connectivity index (χ0) is 16.5. The van der Waals surface area contributed by atoms with Crippen LogP contribution in [0.25, 0.3) is 17.4 Å². The van der Waals surface area contributed by atoms with Crippen molar-refractivity contribution in [3.8, 4) is 17.4 Å². The molecule has 0 N–H and O–H groups in total. The molecule has 3 aromatic rings. The molecule has 0 bridgehead atoms. The van der Waals surface area contributed by atoms with E-state index in [0.717, 1.165) is 16.0 Å². The zero-order valence-corrected chi connectivity index (χ0v) is 13.3. The van der Waals surface area contributed by atoms with Crippen LogP contribution in [0.15, 0.2) is 74.9 Å².